The van der Waals surface area contributed by atoms with Gasteiger partial charge in [0.1, 0.15) is 10.6 Å². The number of aryl methyl sites for hydroxylation is 2. The largest absolute Gasteiger partial charge is 0.360 e. The van der Waals surface area contributed by atoms with Crippen LogP contribution in [0.3, 0.4) is 0 Å². The number of hydrogen-bond acceptors (Lipinski definition) is 5. The predicted octanol–water partition coefficient (Wildman–Crippen LogP) is 0.712. The fourth-order valence-electron chi connectivity index (χ4n) is 2.30. The van der Waals surface area contributed by atoms with Crippen molar-refractivity contribution in [2.24, 2.45) is 0 Å². The van der Waals surface area contributed by atoms with Gasteiger partial charge in [0.05, 0.1) is 0 Å². The van der Waals surface area contributed by atoms with E-state index in [-0.39, 0.29) is 4.90 Å². The van der Waals surface area contributed by atoms with Crippen molar-refractivity contribution in [1.82, 2.24) is 15.2 Å². The Labute approximate surface area is 107 Å². The monoisotopic (exact) mass is 273 g/mol. The Kier molecular flexibility index (Phi) is 4.04. The molecule has 18 heavy (non-hydrogen) atoms. The van der Waals surface area contributed by atoms with Crippen LogP contribution in [0.1, 0.15) is 30.7 Å². The molecule has 0 amide bonds. The Morgan fingerprint density at radius 1 is 1.50 bits per heavy atom. The molecule has 0 unspecified atom stereocenters. The average molecular weight is 273 g/mol. The Hall–Kier alpha value is -0.920. The number of rotatable bonds is 5. The summed E-state index contributed by atoms with van der Waals surface area (Å²) in [5.74, 6) is 0.332. The van der Waals surface area contributed by atoms with Gasteiger partial charge >= 0.3 is 0 Å². The Morgan fingerprint density at radius 2 is 2.28 bits per heavy atom. The van der Waals surface area contributed by atoms with Crippen LogP contribution in [0.2, 0.25) is 0 Å². The van der Waals surface area contributed by atoms with Gasteiger partial charge < -0.3 is 9.84 Å². The second-order valence-electron chi connectivity index (χ2n) is 4.63. The van der Waals surface area contributed by atoms with E-state index in [9.17, 15) is 8.42 Å². The maximum absolute atomic E-state index is 12.1. The minimum absolute atomic E-state index is 0.168. The second kappa shape index (κ2) is 5.38. The molecule has 2 heterocycles. The first-order valence-electron chi connectivity index (χ1n) is 6.16. The fourth-order valence-corrected chi connectivity index (χ4v) is 3.67. The number of nitrogens with zero attached hydrogens (tertiary/aromatic N) is 1. The molecule has 6 nitrogen and oxygen atoms in total. The zero-order valence-electron chi connectivity index (χ0n) is 10.7. The second-order valence-corrected chi connectivity index (χ2v) is 6.34. The third-order valence-electron chi connectivity index (χ3n) is 3.18. The Morgan fingerprint density at radius 3 is 2.83 bits per heavy atom. The molecule has 1 aliphatic rings. The third kappa shape index (κ3) is 2.90. The Bertz CT molecular complexity index is 484. The van der Waals surface area contributed by atoms with Crippen molar-refractivity contribution in [2.45, 2.75) is 44.0 Å². The van der Waals surface area contributed by atoms with Crippen LogP contribution in [-0.4, -0.2) is 32.7 Å². The van der Waals surface area contributed by atoms with Crippen LogP contribution >= 0.6 is 0 Å². The maximum atomic E-state index is 12.1. The molecule has 0 spiro atoms. The smallest absolute Gasteiger partial charge is 0.245 e. The van der Waals surface area contributed by atoms with Gasteiger partial charge in [-0.1, -0.05) is 5.16 Å². The lowest BCUT2D eigenvalue weighted by atomic mass is 10.2. The van der Waals surface area contributed by atoms with Gasteiger partial charge in [-0.15, -0.1) is 0 Å². The van der Waals surface area contributed by atoms with Gasteiger partial charge in [-0.2, -0.15) is 0 Å². The highest BCUT2D eigenvalue weighted by Gasteiger charge is 2.24. The zero-order chi connectivity index (χ0) is 13.2. The van der Waals surface area contributed by atoms with E-state index in [0.29, 0.717) is 24.0 Å². The van der Waals surface area contributed by atoms with E-state index in [1.54, 1.807) is 13.8 Å². The predicted molar refractivity (Wildman–Crippen MR) is 66.8 cm³/mol. The van der Waals surface area contributed by atoms with Crippen molar-refractivity contribution in [2.75, 3.05) is 13.1 Å². The van der Waals surface area contributed by atoms with Crippen molar-refractivity contribution < 1.29 is 12.9 Å². The summed E-state index contributed by atoms with van der Waals surface area (Å²) < 4.78 is 31.6. The summed E-state index contributed by atoms with van der Waals surface area (Å²) >= 11 is 0. The first-order valence-corrected chi connectivity index (χ1v) is 7.65. The maximum Gasteiger partial charge on any atom is 0.245 e. The van der Waals surface area contributed by atoms with Crippen molar-refractivity contribution >= 4 is 10.0 Å². The molecule has 0 aliphatic carbocycles. The molecule has 1 aromatic rings. The quantitative estimate of drug-likeness (QED) is 0.825. The molecule has 1 saturated heterocycles. The van der Waals surface area contributed by atoms with Gasteiger partial charge in [0.25, 0.3) is 0 Å². The molecule has 7 heteroatoms. The van der Waals surface area contributed by atoms with Gasteiger partial charge in [0.2, 0.25) is 10.0 Å². The van der Waals surface area contributed by atoms with Crippen molar-refractivity contribution in [3.8, 4) is 0 Å². The van der Waals surface area contributed by atoms with E-state index in [2.05, 4.69) is 15.2 Å². The minimum atomic E-state index is -3.50. The highest BCUT2D eigenvalue weighted by atomic mass is 32.2. The molecule has 0 radical (unpaired) electrons. The Balaban J connectivity index is 1.95. The van der Waals surface area contributed by atoms with Gasteiger partial charge in [0, 0.05) is 12.6 Å². The molecule has 1 aliphatic heterocycles. The lowest BCUT2D eigenvalue weighted by Gasteiger charge is -2.10. The number of nitrogens with one attached hydrogen (secondary N) is 2. The summed E-state index contributed by atoms with van der Waals surface area (Å²) in [6.07, 6.45) is 3.09. The van der Waals surface area contributed by atoms with E-state index in [4.69, 9.17) is 4.52 Å². The van der Waals surface area contributed by atoms with Crippen LogP contribution in [0.25, 0.3) is 0 Å². The third-order valence-corrected chi connectivity index (χ3v) is 4.89. The molecule has 0 bridgehead atoms. The van der Waals surface area contributed by atoms with Crippen LogP contribution in [0.15, 0.2) is 9.42 Å². The van der Waals surface area contributed by atoms with Crippen LogP contribution in [-0.2, 0) is 10.0 Å². The van der Waals surface area contributed by atoms with Gasteiger partial charge in [-0.05, 0) is 39.7 Å². The molecule has 0 aromatic carbocycles. The van der Waals surface area contributed by atoms with Crippen molar-refractivity contribution in [1.29, 1.82) is 0 Å². The van der Waals surface area contributed by atoms with E-state index < -0.39 is 10.0 Å². The van der Waals surface area contributed by atoms with Crippen LogP contribution in [0.4, 0.5) is 0 Å². The van der Waals surface area contributed by atoms with Gasteiger partial charge in [-0.25, -0.2) is 13.1 Å². The first kappa shape index (κ1) is 13.5. The molecule has 1 atom stereocenters. The molecular formula is C11H19N3O3S. The molecule has 102 valence electrons. The standard InChI is InChI=1S/C11H19N3O3S/c1-8-11(9(2)17-14-8)18(15,16)13-7-5-10-4-3-6-12-10/h10,12-13H,3-7H2,1-2H3/t10-/m1/s1. The fraction of sp³-hybridized carbons (Fsp3) is 0.727. The minimum Gasteiger partial charge on any atom is -0.360 e. The molecule has 1 aromatic heterocycles. The van der Waals surface area contributed by atoms with Crippen LogP contribution in [0.5, 0.6) is 0 Å². The van der Waals surface area contributed by atoms with Crippen molar-refractivity contribution in [3.05, 3.63) is 11.5 Å². The van der Waals surface area contributed by atoms with Gasteiger partial charge in [0.15, 0.2) is 5.76 Å². The zero-order valence-corrected chi connectivity index (χ0v) is 11.5. The lowest BCUT2D eigenvalue weighted by Crippen LogP contribution is -2.31. The van der Waals surface area contributed by atoms with E-state index in [1.807, 2.05) is 0 Å². The summed E-state index contributed by atoms with van der Waals surface area (Å²) in [6, 6.07) is 0.428. The summed E-state index contributed by atoms with van der Waals surface area (Å²) in [5.41, 5.74) is 0.402. The average Bonchev–Trinajstić information content (AvgIpc) is 2.89. The number of aromatic nitrogens is 1. The SMILES string of the molecule is Cc1noc(C)c1S(=O)(=O)NCC[C@H]1CCCN1. The first-order chi connectivity index (χ1) is 8.50. The molecule has 0 saturated carbocycles. The number of hydrogen-bond donors (Lipinski definition) is 2. The molecule has 1 fully saturated rings. The van der Waals surface area contributed by atoms with Crippen LogP contribution < -0.4 is 10.0 Å². The summed E-state index contributed by atoms with van der Waals surface area (Å²) in [7, 11) is -3.50. The molecular weight excluding hydrogens is 254 g/mol. The van der Waals surface area contributed by atoms with Crippen molar-refractivity contribution in [3.63, 3.8) is 0 Å². The number of sulfonamides is 1. The van der Waals surface area contributed by atoms with Gasteiger partial charge in [-0.3, -0.25) is 0 Å². The van der Waals surface area contributed by atoms with E-state index in [1.165, 1.54) is 6.42 Å². The molecule has 2 rings (SSSR count). The highest BCUT2D eigenvalue weighted by Crippen LogP contribution is 2.18. The normalized spacial score (nSPS) is 20.4. The molecule has 2 N–H and O–H groups in total. The van der Waals surface area contributed by atoms with E-state index >= 15 is 0 Å². The summed E-state index contributed by atoms with van der Waals surface area (Å²) in [5, 5.41) is 7.00. The summed E-state index contributed by atoms with van der Waals surface area (Å²) in [4.78, 5) is 0.168. The highest BCUT2D eigenvalue weighted by molar-refractivity contribution is 7.89. The topological polar surface area (TPSA) is 84.2 Å². The van der Waals surface area contributed by atoms with E-state index in [0.717, 1.165) is 19.4 Å². The summed E-state index contributed by atoms with van der Waals surface area (Å²) in [6.45, 7) is 4.70. The van der Waals surface area contributed by atoms with Crippen LogP contribution in [0, 0.1) is 13.8 Å². The lowest BCUT2D eigenvalue weighted by molar-refractivity contribution is 0.390.